The van der Waals surface area contributed by atoms with Gasteiger partial charge < -0.3 is 15.1 Å². The van der Waals surface area contributed by atoms with Crippen LogP contribution in [0.25, 0.3) is 0 Å². The van der Waals surface area contributed by atoms with Crippen molar-refractivity contribution < 1.29 is 9.59 Å². The van der Waals surface area contributed by atoms with Crippen molar-refractivity contribution in [3.8, 4) is 0 Å². The topological polar surface area (TPSA) is 65.5 Å². The van der Waals surface area contributed by atoms with Gasteiger partial charge in [0, 0.05) is 49.9 Å². The summed E-state index contributed by atoms with van der Waals surface area (Å²) < 4.78 is 0. The Balaban J connectivity index is 1.14. The highest BCUT2D eigenvalue weighted by molar-refractivity contribution is 7.11. The van der Waals surface area contributed by atoms with E-state index in [0.29, 0.717) is 13.1 Å². The van der Waals surface area contributed by atoms with E-state index in [1.807, 2.05) is 21.1 Å². The quantitative estimate of drug-likeness (QED) is 0.767. The first-order valence-corrected chi connectivity index (χ1v) is 11.8. The molecule has 0 radical (unpaired) electrons. The number of hydrogen-bond acceptors (Lipinski definition) is 4. The molecule has 2 aliphatic heterocycles. The fourth-order valence-corrected chi connectivity index (χ4v) is 5.75. The van der Waals surface area contributed by atoms with Gasteiger partial charge in [-0.15, -0.1) is 11.3 Å². The van der Waals surface area contributed by atoms with Gasteiger partial charge in [-0.3, -0.25) is 4.79 Å². The molecule has 28 heavy (non-hydrogen) atoms. The highest BCUT2D eigenvalue weighted by Crippen LogP contribution is 2.27. The average Bonchev–Trinajstić information content (AvgIpc) is 3.40. The van der Waals surface area contributed by atoms with Crippen LogP contribution in [0.15, 0.2) is 0 Å². The molecule has 0 spiro atoms. The number of aromatic nitrogens is 1. The van der Waals surface area contributed by atoms with Crippen molar-refractivity contribution in [2.45, 2.75) is 64.2 Å². The highest BCUT2D eigenvalue weighted by atomic mass is 32.1. The van der Waals surface area contributed by atoms with Gasteiger partial charge in [0.05, 0.1) is 10.7 Å². The van der Waals surface area contributed by atoms with Crippen LogP contribution in [0.4, 0.5) is 4.79 Å². The minimum absolute atomic E-state index is 0.0507. The summed E-state index contributed by atoms with van der Waals surface area (Å²) in [7, 11) is 0. The van der Waals surface area contributed by atoms with Crippen molar-refractivity contribution in [3.05, 3.63) is 15.6 Å². The normalized spacial score (nSPS) is 20.3. The van der Waals surface area contributed by atoms with Crippen LogP contribution in [0.2, 0.25) is 0 Å². The molecule has 7 heteroatoms. The van der Waals surface area contributed by atoms with Gasteiger partial charge in [-0.05, 0) is 57.8 Å². The molecular formula is C21H32N4O2S. The summed E-state index contributed by atoms with van der Waals surface area (Å²) in [5.41, 5.74) is 1.32. The van der Waals surface area contributed by atoms with Crippen molar-refractivity contribution in [3.63, 3.8) is 0 Å². The molecule has 6 nitrogen and oxygen atoms in total. The van der Waals surface area contributed by atoms with Gasteiger partial charge in [-0.25, -0.2) is 9.78 Å². The number of likely N-dealkylation sites (tertiary alicyclic amines) is 2. The summed E-state index contributed by atoms with van der Waals surface area (Å²) >= 11 is 1.87. The van der Waals surface area contributed by atoms with Crippen molar-refractivity contribution in [1.29, 1.82) is 0 Å². The number of hydrogen-bond donors (Lipinski definition) is 1. The zero-order chi connectivity index (χ0) is 19.3. The molecule has 1 aromatic heterocycles. The summed E-state index contributed by atoms with van der Waals surface area (Å²) in [5, 5.41) is 4.34. The number of nitrogens with zero attached hydrogens (tertiary/aromatic N) is 3. The number of nitrogens with one attached hydrogen (secondary N) is 1. The molecule has 0 unspecified atom stereocenters. The van der Waals surface area contributed by atoms with Gasteiger partial charge in [0.2, 0.25) is 5.91 Å². The standard InChI is InChI=1S/C21H32N4O2S/c26-20(16-9-14-25(15-10-16)21(27)24-12-3-4-13-24)22-11-5-8-19-23-17-6-1-2-7-18(17)28-19/h16H,1-15H2,(H,22,26). The first-order chi connectivity index (χ1) is 13.7. The zero-order valence-corrected chi connectivity index (χ0v) is 17.6. The number of urea groups is 1. The van der Waals surface area contributed by atoms with E-state index in [-0.39, 0.29) is 17.9 Å². The number of fused-ring (bicyclic) bond motifs is 1. The molecule has 2 saturated heterocycles. The van der Waals surface area contributed by atoms with E-state index in [9.17, 15) is 9.59 Å². The van der Waals surface area contributed by atoms with E-state index in [1.54, 1.807) is 0 Å². The Morgan fingerprint density at radius 1 is 1.00 bits per heavy atom. The monoisotopic (exact) mass is 404 g/mol. The smallest absolute Gasteiger partial charge is 0.319 e. The summed E-state index contributed by atoms with van der Waals surface area (Å²) in [6.45, 7) is 3.91. The molecule has 3 amide bonds. The molecule has 0 atom stereocenters. The predicted octanol–water partition coefficient (Wildman–Crippen LogP) is 3.00. The largest absolute Gasteiger partial charge is 0.356 e. The molecule has 4 rings (SSSR count). The van der Waals surface area contributed by atoms with Crippen LogP contribution in [0, 0.1) is 5.92 Å². The Labute approximate surface area is 171 Å². The van der Waals surface area contributed by atoms with Crippen LogP contribution in [-0.4, -0.2) is 59.4 Å². The lowest BCUT2D eigenvalue weighted by Gasteiger charge is -2.34. The van der Waals surface area contributed by atoms with E-state index in [4.69, 9.17) is 4.98 Å². The number of carbonyl (C=O) groups is 2. The summed E-state index contributed by atoms with van der Waals surface area (Å²) in [4.78, 5) is 35.1. The van der Waals surface area contributed by atoms with Crippen molar-refractivity contribution >= 4 is 23.3 Å². The zero-order valence-electron chi connectivity index (χ0n) is 16.8. The third-order valence-corrected chi connectivity index (χ3v) is 7.49. The highest BCUT2D eigenvalue weighted by Gasteiger charge is 2.30. The molecule has 3 aliphatic rings. The summed E-state index contributed by atoms with van der Waals surface area (Å²) in [5.74, 6) is 0.210. The van der Waals surface area contributed by atoms with Gasteiger partial charge in [-0.2, -0.15) is 0 Å². The number of aryl methyl sites for hydroxylation is 3. The Morgan fingerprint density at radius 2 is 1.71 bits per heavy atom. The number of amides is 3. The Hall–Kier alpha value is -1.63. The molecular weight excluding hydrogens is 372 g/mol. The molecule has 1 aromatic rings. The molecule has 2 fully saturated rings. The maximum atomic E-state index is 12.5. The van der Waals surface area contributed by atoms with Crippen LogP contribution in [0.1, 0.15) is 60.5 Å². The Kier molecular flexibility index (Phi) is 6.50. The maximum absolute atomic E-state index is 12.5. The minimum Gasteiger partial charge on any atom is -0.356 e. The third kappa shape index (κ3) is 4.67. The second-order valence-corrected chi connectivity index (χ2v) is 9.49. The van der Waals surface area contributed by atoms with E-state index in [2.05, 4.69) is 5.32 Å². The maximum Gasteiger partial charge on any atom is 0.319 e. The van der Waals surface area contributed by atoms with Crippen LogP contribution >= 0.6 is 11.3 Å². The number of thiazole rings is 1. The lowest BCUT2D eigenvalue weighted by molar-refractivity contribution is -0.126. The van der Waals surface area contributed by atoms with Gasteiger partial charge in [0.1, 0.15) is 0 Å². The second-order valence-electron chi connectivity index (χ2n) is 8.32. The fraction of sp³-hybridized carbons (Fsp3) is 0.762. The van der Waals surface area contributed by atoms with E-state index >= 15 is 0 Å². The van der Waals surface area contributed by atoms with Crippen LogP contribution in [0.5, 0.6) is 0 Å². The molecule has 0 bridgehead atoms. The van der Waals surface area contributed by atoms with Crippen molar-refractivity contribution in [1.82, 2.24) is 20.1 Å². The van der Waals surface area contributed by atoms with Crippen molar-refractivity contribution in [2.75, 3.05) is 32.7 Å². The fourth-order valence-electron chi connectivity index (χ4n) is 4.55. The Bertz CT molecular complexity index is 667. The third-order valence-electron chi connectivity index (χ3n) is 6.27. The molecule has 154 valence electrons. The lowest BCUT2D eigenvalue weighted by Crippen LogP contribution is -2.47. The van der Waals surface area contributed by atoms with E-state index in [1.165, 1.54) is 34.8 Å². The second kappa shape index (κ2) is 9.25. The van der Waals surface area contributed by atoms with Gasteiger partial charge >= 0.3 is 6.03 Å². The molecule has 1 N–H and O–H groups in total. The van der Waals surface area contributed by atoms with Crippen LogP contribution in [-0.2, 0) is 24.1 Å². The first-order valence-electron chi connectivity index (χ1n) is 11.0. The van der Waals surface area contributed by atoms with E-state index in [0.717, 1.165) is 64.6 Å². The van der Waals surface area contributed by atoms with E-state index < -0.39 is 0 Å². The first kappa shape index (κ1) is 19.7. The predicted molar refractivity (Wildman–Crippen MR) is 111 cm³/mol. The van der Waals surface area contributed by atoms with Crippen LogP contribution in [0.3, 0.4) is 0 Å². The van der Waals surface area contributed by atoms with Crippen LogP contribution < -0.4 is 5.32 Å². The van der Waals surface area contributed by atoms with Gasteiger partial charge in [0.15, 0.2) is 0 Å². The van der Waals surface area contributed by atoms with Crippen molar-refractivity contribution in [2.24, 2.45) is 5.92 Å². The summed E-state index contributed by atoms with van der Waals surface area (Å²) in [6.07, 6.45) is 10.6. The Morgan fingerprint density at radius 3 is 2.46 bits per heavy atom. The number of rotatable bonds is 5. The summed E-state index contributed by atoms with van der Waals surface area (Å²) in [6, 6.07) is 0.169. The number of piperidine rings is 1. The number of carbonyl (C=O) groups excluding carboxylic acids is 2. The molecule has 3 heterocycles. The van der Waals surface area contributed by atoms with Gasteiger partial charge in [-0.1, -0.05) is 0 Å². The minimum atomic E-state index is 0.0507. The van der Waals surface area contributed by atoms with Gasteiger partial charge in [0.25, 0.3) is 0 Å². The molecule has 0 saturated carbocycles. The average molecular weight is 405 g/mol. The molecule has 1 aliphatic carbocycles. The lowest BCUT2D eigenvalue weighted by atomic mass is 9.96. The molecule has 0 aromatic carbocycles. The SMILES string of the molecule is O=C(NCCCc1nc2c(s1)CCCC2)C1CCN(C(=O)N2CCCC2)CC1.